The Morgan fingerprint density at radius 1 is 1.19 bits per heavy atom. The summed E-state index contributed by atoms with van der Waals surface area (Å²) in [6, 6.07) is 15.3. The first kappa shape index (κ1) is 14.9. The molecule has 3 heteroatoms. The maximum absolute atomic E-state index is 11.9. The molecule has 0 saturated heterocycles. The van der Waals surface area contributed by atoms with Gasteiger partial charge in [-0.15, -0.1) is 0 Å². The minimum Gasteiger partial charge on any atom is -0.494 e. The van der Waals surface area contributed by atoms with Gasteiger partial charge in [0, 0.05) is 17.8 Å². The summed E-state index contributed by atoms with van der Waals surface area (Å²) in [6.07, 6.45) is 3.32. The molecule has 0 saturated carbocycles. The van der Waals surface area contributed by atoms with Crippen molar-refractivity contribution < 1.29 is 9.53 Å². The van der Waals surface area contributed by atoms with Crippen LogP contribution in [0.5, 0.6) is 5.75 Å². The molecule has 0 radical (unpaired) electrons. The van der Waals surface area contributed by atoms with Crippen molar-refractivity contribution in [3.63, 3.8) is 0 Å². The second kappa shape index (κ2) is 7.29. The van der Waals surface area contributed by atoms with Gasteiger partial charge in [-0.25, -0.2) is 0 Å². The van der Waals surface area contributed by atoms with E-state index in [1.54, 1.807) is 12.1 Å². The molecule has 2 aromatic rings. The van der Waals surface area contributed by atoms with Crippen molar-refractivity contribution in [2.24, 2.45) is 0 Å². The van der Waals surface area contributed by atoms with Crippen LogP contribution < -0.4 is 10.1 Å². The fraction of sp³-hybridized carbons (Fsp3) is 0.167. The van der Waals surface area contributed by atoms with E-state index in [0.29, 0.717) is 6.61 Å². The summed E-state index contributed by atoms with van der Waals surface area (Å²) >= 11 is 0. The number of amides is 1. The molecule has 0 unspecified atom stereocenters. The van der Waals surface area contributed by atoms with Crippen molar-refractivity contribution in [2.75, 3.05) is 11.9 Å². The summed E-state index contributed by atoms with van der Waals surface area (Å²) in [5, 5.41) is 2.82. The number of hydrogen-bond donors (Lipinski definition) is 1. The number of anilines is 1. The summed E-state index contributed by atoms with van der Waals surface area (Å²) < 4.78 is 5.40. The molecule has 0 spiro atoms. The average Bonchev–Trinajstić information content (AvgIpc) is 2.47. The third kappa shape index (κ3) is 4.80. The Morgan fingerprint density at radius 3 is 2.67 bits per heavy atom. The fourth-order valence-electron chi connectivity index (χ4n) is 1.86. The molecule has 0 atom stereocenters. The molecular formula is C18H19NO2. The molecule has 0 bridgehead atoms. The van der Waals surface area contributed by atoms with Gasteiger partial charge in [-0.1, -0.05) is 35.9 Å². The number of carbonyl (C=O) groups is 1. The van der Waals surface area contributed by atoms with Gasteiger partial charge in [-0.05, 0) is 37.6 Å². The van der Waals surface area contributed by atoms with E-state index in [2.05, 4.69) is 5.32 Å². The number of nitrogens with one attached hydrogen (secondary N) is 1. The number of aryl methyl sites for hydroxylation is 1. The molecule has 0 aliphatic heterocycles. The molecule has 2 rings (SSSR count). The summed E-state index contributed by atoms with van der Waals surface area (Å²) in [5.41, 5.74) is 2.92. The third-order valence-electron chi connectivity index (χ3n) is 2.92. The van der Waals surface area contributed by atoms with Crippen LogP contribution >= 0.6 is 0 Å². The number of benzene rings is 2. The Morgan fingerprint density at radius 2 is 1.95 bits per heavy atom. The lowest BCUT2D eigenvalue weighted by Gasteiger charge is -2.06. The molecule has 1 amide bonds. The van der Waals surface area contributed by atoms with Crippen molar-refractivity contribution in [3.8, 4) is 5.75 Å². The second-order valence-corrected chi connectivity index (χ2v) is 4.69. The monoisotopic (exact) mass is 281 g/mol. The van der Waals surface area contributed by atoms with Crippen molar-refractivity contribution in [1.29, 1.82) is 0 Å². The topological polar surface area (TPSA) is 38.3 Å². The molecule has 108 valence electrons. The van der Waals surface area contributed by atoms with Gasteiger partial charge in [0.2, 0.25) is 5.91 Å². The highest BCUT2D eigenvalue weighted by molar-refractivity contribution is 6.02. The van der Waals surface area contributed by atoms with E-state index < -0.39 is 0 Å². The first-order valence-electron chi connectivity index (χ1n) is 6.96. The zero-order chi connectivity index (χ0) is 15.1. The van der Waals surface area contributed by atoms with Crippen molar-refractivity contribution >= 4 is 17.7 Å². The van der Waals surface area contributed by atoms with E-state index in [0.717, 1.165) is 17.0 Å². The highest BCUT2D eigenvalue weighted by Gasteiger charge is 2.00. The van der Waals surface area contributed by atoms with Crippen LogP contribution in [0.3, 0.4) is 0 Å². The van der Waals surface area contributed by atoms with Crippen molar-refractivity contribution in [3.05, 3.63) is 65.7 Å². The molecule has 0 aliphatic carbocycles. The minimum absolute atomic E-state index is 0.163. The van der Waals surface area contributed by atoms with Gasteiger partial charge in [0.05, 0.1) is 6.61 Å². The van der Waals surface area contributed by atoms with E-state index in [1.807, 2.05) is 56.3 Å². The Balaban J connectivity index is 1.98. The molecule has 3 nitrogen and oxygen atoms in total. The molecular weight excluding hydrogens is 262 g/mol. The van der Waals surface area contributed by atoms with E-state index in [-0.39, 0.29) is 5.91 Å². The predicted octanol–water partition coefficient (Wildman–Crippen LogP) is 4.05. The minimum atomic E-state index is -0.163. The maximum atomic E-state index is 11.9. The summed E-state index contributed by atoms with van der Waals surface area (Å²) in [6.45, 7) is 4.56. The molecule has 0 aromatic heterocycles. The van der Waals surface area contributed by atoms with Crippen molar-refractivity contribution in [1.82, 2.24) is 0 Å². The molecule has 1 N–H and O–H groups in total. The Labute approximate surface area is 125 Å². The smallest absolute Gasteiger partial charge is 0.248 e. The van der Waals surface area contributed by atoms with Crippen LogP contribution in [0.1, 0.15) is 18.1 Å². The highest BCUT2D eigenvalue weighted by Crippen LogP contribution is 2.17. The molecule has 0 heterocycles. The van der Waals surface area contributed by atoms with E-state index >= 15 is 0 Å². The largest absolute Gasteiger partial charge is 0.494 e. The second-order valence-electron chi connectivity index (χ2n) is 4.69. The lowest BCUT2D eigenvalue weighted by Crippen LogP contribution is -2.07. The van der Waals surface area contributed by atoms with Gasteiger partial charge in [0.15, 0.2) is 0 Å². The summed E-state index contributed by atoms with van der Waals surface area (Å²) in [5.74, 6) is 0.585. The van der Waals surface area contributed by atoms with Gasteiger partial charge < -0.3 is 10.1 Å². The summed E-state index contributed by atoms with van der Waals surface area (Å²) in [4.78, 5) is 11.9. The molecule has 0 fully saturated rings. The quantitative estimate of drug-likeness (QED) is 0.840. The molecule has 2 aromatic carbocycles. The predicted molar refractivity (Wildman–Crippen MR) is 86.5 cm³/mol. The van der Waals surface area contributed by atoms with Gasteiger partial charge in [-0.2, -0.15) is 0 Å². The van der Waals surface area contributed by atoms with Crippen LogP contribution in [0, 0.1) is 6.92 Å². The van der Waals surface area contributed by atoms with E-state index in [9.17, 15) is 4.79 Å². The van der Waals surface area contributed by atoms with Crippen LogP contribution in [0.2, 0.25) is 0 Å². The first-order chi connectivity index (χ1) is 10.2. The van der Waals surface area contributed by atoms with E-state index in [1.165, 1.54) is 11.6 Å². The average molecular weight is 281 g/mol. The lowest BCUT2D eigenvalue weighted by molar-refractivity contribution is -0.111. The van der Waals surface area contributed by atoms with Crippen LogP contribution in [0.25, 0.3) is 6.08 Å². The van der Waals surface area contributed by atoms with Crippen LogP contribution in [0.4, 0.5) is 5.69 Å². The normalized spacial score (nSPS) is 10.6. The van der Waals surface area contributed by atoms with Gasteiger partial charge in [0.25, 0.3) is 0 Å². The number of hydrogen-bond acceptors (Lipinski definition) is 2. The van der Waals surface area contributed by atoms with Gasteiger partial charge >= 0.3 is 0 Å². The Hall–Kier alpha value is -2.55. The highest BCUT2D eigenvalue weighted by atomic mass is 16.5. The zero-order valence-corrected chi connectivity index (χ0v) is 12.3. The summed E-state index contributed by atoms with van der Waals surface area (Å²) in [7, 11) is 0. The zero-order valence-electron chi connectivity index (χ0n) is 12.3. The molecule has 0 aliphatic rings. The number of ether oxygens (including phenoxy) is 1. The Kier molecular flexibility index (Phi) is 5.16. The Bertz CT molecular complexity index is 630. The lowest BCUT2D eigenvalue weighted by atomic mass is 10.1. The van der Waals surface area contributed by atoms with Crippen LogP contribution in [-0.2, 0) is 4.79 Å². The third-order valence-corrected chi connectivity index (χ3v) is 2.92. The van der Waals surface area contributed by atoms with Gasteiger partial charge in [0.1, 0.15) is 5.75 Å². The van der Waals surface area contributed by atoms with Crippen LogP contribution in [-0.4, -0.2) is 12.5 Å². The maximum Gasteiger partial charge on any atom is 0.248 e. The number of carbonyl (C=O) groups excluding carboxylic acids is 1. The van der Waals surface area contributed by atoms with Crippen LogP contribution in [0.15, 0.2) is 54.6 Å². The van der Waals surface area contributed by atoms with E-state index in [4.69, 9.17) is 4.74 Å². The standard InChI is InChI=1S/C18H19NO2/c1-3-21-17-6-4-5-16(13-17)19-18(20)12-11-15-9-7-14(2)8-10-15/h4-13H,3H2,1-2H3,(H,19,20)/b12-11+. The molecule has 21 heavy (non-hydrogen) atoms. The van der Waals surface area contributed by atoms with Gasteiger partial charge in [-0.3, -0.25) is 4.79 Å². The first-order valence-corrected chi connectivity index (χ1v) is 6.96. The number of rotatable bonds is 5. The SMILES string of the molecule is CCOc1cccc(NC(=O)/C=C/c2ccc(C)cc2)c1. The fourth-order valence-corrected chi connectivity index (χ4v) is 1.86. The van der Waals surface area contributed by atoms with Crippen molar-refractivity contribution in [2.45, 2.75) is 13.8 Å².